The molecule has 0 fully saturated rings. The average Bonchev–Trinajstić information content (AvgIpc) is 2.64. The molecule has 0 saturated carbocycles. The first kappa shape index (κ1) is 18.8. The van der Waals surface area contributed by atoms with E-state index in [-0.39, 0.29) is 11.5 Å². The highest BCUT2D eigenvalue weighted by atomic mass is 16.5. The predicted octanol–water partition coefficient (Wildman–Crippen LogP) is 2.78. The van der Waals surface area contributed by atoms with Gasteiger partial charge in [-0.15, -0.1) is 0 Å². The molecule has 5 nitrogen and oxygen atoms in total. The summed E-state index contributed by atoms with van der Waals surface area (Å²) >= 11 is 0. The van der Waals surface area contributed by atoms with Crippen LogP contribution in [0.25, 0.3) is 6.08 Å². The minimum atomic E-state index is -0.316. The lowest BCUT2D eigenvalue weighted by Gasteiger charge is -2.27. The van der Waals surface area contributed by atoms with Gasteiger partial charge in [0.2, 0.25) is 0 Å². The van der Waals surface area contributed by atoms with Gasteiger partial charge in [-0.2, -0.15) is 0 Å². The van der Waals surface area contributed by atoms with Crippen LogP contribution in [0, 0.1) is 6.92 Å². The Morgan fingerprint density at radius 1 is 1.15 bits per heavy atom. The maximum atomic E-state index is 10.5. The number of methoxy groups -OCH3 is 2. The molecule has 0 spiro atoms. The van der Waals surface area contributed by atoms with Gasteiger partial charge >= 0.3 is 5.90 Å². The summed E-state index contributed by atoms with van der Waals surface area (Å²) in [6.07, 6.45) is 4.03. The monoisotopic (exact) mass is 368 g/mol. The number of hydrogen-bond acceptors (Lipinski definition) is 3. The summed E-state index contributed by atoms with van der Waals surface area (Å²) in [6.45, 7) is 6.45. The van der Waals surface area contributed by atoms with Crippen molar-refractivity contribution in [3.63, 3.8) is 0 Å². The molecule has 142 valence electrons. The zero-order chi connectivity index (χ0) is 19.6. The van der Waals surface area contributed by atoms with Crippen LogP contribution in [0.1, 0.15) is 36.1 Å². The van der Waals surface area contributed by atoms with E-state index in [9.17, 15) is 5.11 Å². The summed E-state index contributed by atoms with van der Waals surface area (Å²) in [5.41, 5.74) is 3.30. The van der Waals surface area contributed by atoms with E-state index >= 15 is 0 Å². The molecule has 2 aromatic rings. The zero-order valence-electron chi connectivity index (χ0n) is 16.4. The van der Waals surface area contributed by atoms with E-state index in [4.69, 9.17) is 14.2 Å². The number of aliphatic hydroxyl groups is 1. The van der Waals surface area contributed by atoms with Crippen LogP contribution in [-0.2, 0) is 6.54 Å². The maximum Gasteiger partial charge on any atom is 0.366 e. The van der Waals surface area contributed by atoms with Gasteiger partial charge in [0.1, 0.15) is 11.4 Å². The van der Waals surface area contributed by atoms with Crippen LogP contribution in [-0.4, -0.2) is 30.8 Å². The molecular formula is C22H26NO4+. The van der Waals surface area contributed by atoms with Gasteiger partial charge in [-0.3, -0.25) is 0 Å². The van der Waals surface area contributed by atoms with Crippen molar-refractivity contribution in [1.82, 2.24) is 0 Å². The Kier molecular flexibility index (Phi) is 5.13. The van der Waals surface area contributed by atoms with E-state index in [0.717, 1.165) is 28.2 Å². The van der Waals surface area contributed by atoms with Crippen molar-refractivity contribution in [3.8, 4) is 17.2 Å². The van der Waals surface area contributed by atoms with Crippen LogP contribution in [0.5, 0.6) is 17.2 Å². The third-order valence-corrected chi connectivity index (χ3v) is 4.50. The van der Waals surface area contributed by atoms with Crippen molar-refractivity contribution in [2.24, 2.45) is 0 Å². The largest absolute Gasteiger partial charge is 0.493 e. The molecule has 0 radical (unpaired) electrons. The number of fused-ring (bicyclic) bond motifs is 1. The van der Waals surface area contributed by atoms with E-state index in [1.807, 2.05) is 63.3 Å². The van der Waals surface area contributed by atoms with Crippen molar-refractivity contribution in [1.29, 1.82) is 0 Å². The van der Waals surface area contributed by atoms with Gasteiger partial charge in [-0.25, -0.2) is 4.99 Å². The van der Waals surface area contributed by atoms with Crippen LogP contribution in [0.15, 0.2) is 36.4 Å². The highest BCUT2D eigenvalue weighted by Gasteiger charge is 2.22. The van der Waals surface area contributed by atoms with Gasteiger partial charge in [-0.1, -0.05) is 6.08 Å². The number of aliphatic hydroxyl groups excluding tert-OH is 1. The Labute approximate surface area is 159 Å². The molecule has 0 unspecified atom stereocenters. The number of aryl methyl sites for hydroxylation is 1. The van der Waals surface area contributed by atoms with Crippen molar-refractivity contribution in [2.75, 3.05) is 14.2 Å². The Balaban J connectivity index is 1.82. The second-order valence-electron chi connectivity index (χ2n) is 7.14. The van der Waals surface area contributed by atoms with Gasteiger partial charge in [0.25, 0.3) is 0 Å². The lowest BCUT2D eigenvalue weighted by atomic mass is 10.0. The summed E-state index contributed by atoms with van der Waals surface area (Å²) in [5.74, 6) is 2.32. The number of rotatable bonds is 5. The van der Waals surface area contributed by atoms with Gasteiger partial charge in [-0.05, 0) is 62.7 Å². The van der Waals surface area contributed by atoms with Gasteiger partial charge in [0.05, 0.1) is 19.8 Å². The van der Waals surface area contributed by atoms with E-state index in [0.29, 0.717) is 17.9 Å². The molecule has 3 rings (SSSR count). The van der Waals surface area contributed by atoms with Crippen molar-refractivity contribution >= 4 is 12.0 Å². The highest BCUT2D eigenvalue weighted by molar-refractivity contribution is 5.89. The van der Waals surface area contributed by atoms with Crippen LogP contribution in [0.3, 0.4) is 0 Å². The Morgan fingerprint density at radius 2 is 1.93 bits per heavy atom. The number of benzene rings is 2. The number of ether oxygens (including phenoxy) is 3. The van der Waals surface area contributed by atoms with E-state index in [1.54, 1.807) is 14.2 Å². The first-order valence-corrected chi connectivity index (χ1v) is 8.87. The summed E-state index contributed by atoms with van der Waals surface area (Å²) in [6, 6.07) is 9.54. The van der Waals surface area contributed by atoms with Gasteiger partial charge < -0.3 is 19.3 Å². The minimum absolute atomic E-state index is 0.114. The molecular weight excluding hydrogens is 342 g/mol. The van der Waals surface area contributed by atoms with Crippen molar-refractivity contribution in [3.05, 3.63) is 58.7 Å². The average molecular weight is 368 g/mol. The first-order chi connectivity index (χ1) is 12.8. The minimum Gasteiger partial charge on any atom is -0.493 e. The zero-order valence-corrected chi connectivity index (χ0v) is 16.4. The third kappa shape index (κ3) is 4.08. The number of hydrogen-bond donors (Lipinski definition) is 2. The van der Waals surface area contributed by atoms with Crippen molar-refractivity contribution in [2.45, 2.75) is 32.9 Å². The standard InChI is InChI=1S/C22H25NO4/c1-14-10-15(11-19(25-4)20(14)26-5)13-23-21(24)17-6-7-18-16(12-17)8-9-22(2,3)27-18/h6-12H,13H2,1-5H3,(H,23,24)/p+1. The Hall–Kier alpha value is -2.95. The molecule has 0 atom stereocenters. The summed E-state index contributed by atoms with van der Waals surface area (Å²) in [7, 11) is 3.24. The van der Waals surface area contributed by atoms with E-state index in [1.165, 1.54) is 0 Å². The predicted molar refractivity (Wildman–Crippen MR) is 106 cm³/mol. The summed E-state index contributed by atoms with van der Waals surface area (Å²) in [5, 5.41) is 10.5. The van der Waals surface area contributed by atoms with E-state index in [2.05, 4.69) is 4.99 Å². The smallest absolute Gasteiger partial charge is 0.366 e. The molecule has 0 amide bonds. The first-order valence-electron chi connectivity index (χ1n) is 8.87. The lowest BCUT2D eigenvalue weighted by molar-refractivity contribution is -0.483. The molecule has 2 N–H and O–H groups in total. The Morgan fingerprint density at radius 3 is 2.63 bits per heavy atom. The lowest BCUT2D eigenvalue weighted by Crippen LogP contribution is -2.71. The summed E-state index contributed by atoms with van der Waals surface area (Å²) < 4.78 is 16.7. The molecule has 1 heterocycles. The third-order valence-electron chi connectivity index (χ3n) is 4.50. The van der Waals surface area contributed by atoms with Crippen molar-refractivity contribution < 1.29 is 24.3 Å². The van der Waals surface area contributed by atoms with E-state index < -0.39 is 0 Å². The van der Waals surface area contributed by atoms with Gasteiger partial charge in [0.15, 0.2) is 18.0 Å². The SMILES string of the molecule is COc1cc(C[NH+]=C(O)c2ccc3c(c2)C=CC(C)(C)O3)cc(C)c1OC. The maximum absolute atomic E-state index is 10.5. The van der Waals surface area contributed by atoms with Crippen LogP contribution < -0.4 is 19.2 Å². The molecule has 0 aromatic heterocycles. The molecule has 2 aromatic carbocycles. The quantitative estimate of drug-likeness (QED) is 0.629. The second-order valence-corrected chi connectivity index (χ2v) is 7.14. The number of nitrogens with one attached hydrogen (secondary N) is 1. The normalized spacial score (nSPS) is 15.1. The molecule has 0 bridgehead atoms. The van der Waals surface area contributed by atoms with Crippen LogP contribution in [0.4, 0.5) is 0 Å². The van der Waals surface area contributed by atoms with Crippen LogP contribution >= 0.6 is 0 Å². The molecule has 0 saturated heterocycles. The molecule has 1 aliphatic rings. The molecule has 0 aliphatic carbocycles. The molecule has 27 heavy (non-hydrogen) atoms. The fourth-order valence-electron chi connectivity index (χ4n) is 3.14. The molecule has 5 heteroatoms. The molecule has 1 aliphatic heterocycles. The summed E-state index contributed by atoms with van der Waals surface area (Å²) in [4.78, 5) is 3.07. The fraction of sp³-hybridized carbons (Fsp3) is 0.318. The fourth-order valence-corrected chi connectivity index (χ4v) is 3.14. The Bertz CT molecular complexity index is 913. The van der Waals surface area contributed by atoms with Crippen LogP contribution in [0.2, 0.25) is 0 Å². The topological polar surface area (TPSA) is 61.9 Å². The van der Waals surface area contributed by atoms with Gasteiger partial charge in [0, 0.05) is 11.1 Å². The second kappa shape index (κ2) is 7.35. The highest BCUT2D eigenvalue weighted by Crippen LogP contribution is 2.32.